The Bertz CT molecular complexity index is 666. The lowest BCUT2D eigenvalue weighted by molar-refractivity contribution is -0.113. The van der Waals surface area contributed by atoms with Crippen LogP contribution in [-0.4, -0.2) is 47.5 Å². The summed E-state index contributed by atoms with van der Waals surface area (Å²) in [5.41, 5.74) is 5.69. The molecule has 0 saturated heterocycles. The van der Waals surface area contributed by atoms with E-state index in [1.54, 1.807) is 20.0 Å². The zero-order chi connectivity index (χ0) is 19.2. The fraction of sp³-hybridized carbons (Fsp3) is 0.714. The average Bonchev–Trinajstić information content (AvgIpc) is 2.55. The van der Waals surface area contributed by atoms with Crippen LogP contribution in [0.1, 0.15) is 32.1 Å². The van der Waals surface area contributed by atoms with Crippen LogP contribution in [0, 0.1) is 6.92 Å². The number of nitrogen functional groups attached to an aromatic ring is 1. The van der Waals surface area contributed by atoms with Gasteiger partial charge in [0.05, 0.1) is 12.7 Å². The van der Waals surface area contributed by atoms with Crippen molar-refractivity contribution >= 4 is 13.6 Å². The summed E-state index contributed by atoms with van der Waals surface area (Å²) in [4.78, 5) is 25.3. The first-order chi connectivity index (χ1) is 11.6. The number of aryl methyl sites for hydroxylation is 1. The minimum absolute atomic E-state index is 0.00700. The van der Waals surface area contributed by atoms with E-state index in [9.17, 15) is 14.3 Å². The summed E-state index contributed by atoms with van der Waals surface area (Å²) in [7, 11) is -1.73. The van der Waals surface area contributed by atoms with Crippen molar-refractivity contribution in [1.29, 1.82) is 0 Å². The second kappa shape index (κ2) is 9.42. The molecular weight excluding hydrogens is 353 g/mol. The van der Waals surface area contributed by atoms with E-state index in [4.69, 9.17) is 19.7 Å². The Labute approximate surface area is 146 Å². The lowest BCUT2D eigenvalue weighted by Gasteiger charge is -2.29. The zero-order valence-corrected chi connectivity index (χ0v) is 15.9. The fourth-order valence-corrected chi connectivity index (χ4v) is 2.81. The molecule has 3 unspecified atom stereocenters. The molecule has 0 amide bonds. The van der Waals surface area contributed by atoms with Gasteiger partial charge in [0.1, 0.15) is 18.1 Å². The van der Waals surface area contributed by atoms with Crippen LogP contribution >= 0.6 is 7.82 Å². The summed E-state index contributed by atoms with van der Waals surface area (Å²) in [6.45, 7) is 5.20. The largest absolute Gasteiger partial charge is 0.472 e. The van der Waals surface area contributed by atoms with Gasteiger partial charge < -0.3 is 20.1 Å². The molecule has 1 heterocycles. The van der Waals surface area contributed by atoms with E-state index in [0.29, 0.717) is 12.0 Å². The number of aromatic nitrogens is 2. The number of rotatable bonds is 10. The van der Waals surface area contributed by atoms with Gasteiger partial charge in [-0.25, -0.2) is 9.36 Å². The smallest absolute Gasteiger partial charge is 0.383 e. The van der Waals surface area contributed by atoms with Crippen LogP contribution in [0.5, 0.6) is 0 Å². The zero-order valence-electron chi connectivity index (χ0n) is 15.0. The summed E-state index contributed by atoms with van der Waals surface area (Å²) in [5, 5.41) is 0. The highest BCUT2D eigenvalue weighted by molar-refractivity contribution is 7.47. The number of methoxy groups -OCH3 is 1. The summed E-state index contributed by atoms with van der Waals surface area (Å²) in [6, 6.07) is 0. The summed E-state index contributed by atoms with van der Waals surface area (Å²) < 4.78 is 33.4. The number of phosphoric ester groups is 1. The van der Waals surface area contributed by atoms with E-state index in [0.717, 1.165) is 7.11 Å². The predicted octanol–water partition coefficient (Wildman–Crippen LogP) is 1.23. The number of hydrogen-bond donors (Lipinski definition) is 2. The van der Waals surface area contributed by atoms with Gasteiger partial charge in [0, 0.05) is 26.0 Å². The maximum atomic E-state index is 12.0. The lowest BCUT2D eigenvalue weighted by atomic mass is 10.1. The molecule has 0 aromatic carbocycles. The first kappa shape index (κ1) is 21.8. The molecule has 4 atom stereocenters. The van der Waals surface area contributed by atoms with E-state index < -0.39 is 31.9 Å². The third-order valence-electron chi connectivity index (χ3n) is 3.58. The average molecular weight is 379 g/mol. The van der Waals surface area contributed by atoms with Crippen molar-refractivity contribution in [3.8, 4) is 0 Å². The number of ether oxygens (including phenoxy) is 2. The minimum atomic E-state index is -4.22. The van der Waals surface area contributed by atoms with Crippen LogP contribution < -0.4 is 11.4 Å². The van der Waals surface area contributed by atoms with Crippen LogP contribution in [0.3, 0.4) is 0 Å². The number of anilines is 1. The Morgan fingerprint density at radius 3 is 2.56 bits per heavy atom. The Balaban J connectivity index is 3.00. The highest BCUT2D eigenvalue weighted by Gasteiger charge is 2.32. The van der Waals surface area contributed by atoms with Gasteiger partial charge in [-0.05, 0) is 20.3 Å². The molecule has 0 bridgehead atoms. The van der Waals surface area contributed by atoms with Gasteiger partial charge in [0.15, 0.2) is 0 Å². The molecule has 11 heteroatoms. The number of nitrogens with zero attached hydrogens (tertiary/aromatic N) is 2. The summed E-state index contributed by atoms with van der Waals surface area (Å²) in [5.74, 6) is 0.155. The van der Waals surface area contributed by atoms with E-state index in [1.807, 2.05) is 6.92 Å². The molecule has 0 aliphatic heterocycles. The molecule has 25 heavy (non-hydrogen) atoms. The van der Waals surface area contributed by atoms with Crippen molar-refractivity contribution in [2.45, 2.75) is 45.6 Å². The Morgan fingerprint density at radius 1 is 1.40 bits per heavy atom. The Kier molecular flexibility index (Phi) is 8.20. The molecule has 0 fully saturated rings. The molecule has 1 aromatic heterocycles. The summed E-state index contributed by atoms with van der Waals surface area (Å²) in [6.07, 6.45) is -0.214. The van der Waals surface area contributed by atoms with Crippen molar-refractivity contribution in [1.82, 2.24) is 9.55 Å². The van der Waals surface area contributed by atoms with Gasteiger partial charge in [-0.3, -0.25) is 13.6 Å². The standard InChI is InChI=1S/C14H26N3O7P/c1-6-11(12(8-21-4)24-25(19,20)22-5)23-10(3)17-7-9(2)13(15)16-14(17)18/h7,10-12H,6,8H2,1-5H3,(H,19,20)(H2,15,16,18)/t10?,11-,12?/m0/s1. The number of nitrogens with two attached hydrogens (primary N) is 1. The van der Waals surface area contributed by atoms with Gasteiger partial charge in [-0.1, -0.05) is 6.92 Å². The first-order valence-corrected chi connectivity index (χ1v) is 9.21. The molecule has 0 radical (unpaired) electrons. The molecule has 0 spiro atoms. The third-order valence-corrected chi connectivity index (χ3v) is 4.58. The molecule has 0 aliphatic carbocycles. The van der Waals surface area contributed by atoms with Crippen molar-refractivity contribution in [2.75, 3.05) is 26.6 Å². The van der Waals surface area contributed by atoms with Crippen molar-refractivity contribution in [2.24, 2.45) is 0 Å². The summed E-state index contributed by atoms with van der Waals surface area (Å²) >= 11 is 0. The quantitative estimate of drug-likeness (QED) is 0.575. The molecule has 1 aromatic rings. The van der Waals surface area contributed by atoms with Gasteiger partial charge in [0.2, 0.25) is 0 Å². The predicted molar refractivity (Wildman–Crippen MR) is 91.1 cm³/mol. The Morgan fingerprint density at radius 2 is 2.04 bits per heavy atom. The topological polar surface area (TPSA) is 135 Å². The molecule has 0 aliphatic rings. The minimum Gasteiger partial charge on any atom is -0.383 e. The number of hydrogen-bond acceptors (Lipinski definition) is 8. The van der Waals surface area contributed by atoms with Gasteiger partial charge in [-0.15, -0.1) is 0 Å². The fourth-order valence-electron chi connectivity index (χ4n) is 2.19. The van der Waals surface area contributed by atoms with Crippen LogP contribution in [0.15, 0.2) is 11.0 Å². The van der Waals surface area contributed by atoms with Gasteiger partial charge in [0.25, 0.3) is 0 Å². The van der Waals surface area contributed by atoms with Crippen molar-refractivity contribution in [3.63, 3.8) is 0 Å². The molecule has 1 rings (SSSR count). The van der Waals surface area contributed by atoms with Gasteiger partial charge >= 0.3 is 13.5 Å². The van der Waals surface area contributed by atoms with Gasteiger partial charge in [-0.2, -0.15) is 4.98 Å². The van der Waals surface area contributed by atoms with E-state index >= 15 is 0 Å². The monoisotopic (exact) mass is 379 g/mol. The molecule has 3 N–H and O–H groups in total. The maximum Gasteiger partial charge on any atom is 0.472 e. The SMILES string of the molecule is CC[C@H](OC(C)n1cc(C)c(N)nc1=O)C(COC)OP(=O)(O)OC. The van der Waals surface area contributed by atoms with E-state index in [-0.39, 0.29) is 12.4 Å². The normalized spacial score (nSPS) is 17.7. The first-order valence-electron chi connectivity index (χ1n) is 7.71. The molecule has 10 nitrogen and oxygen atoms in total. The van der Waals surface area contributed by atoms with Crippen LogP contribution in [0.2, 0.25) is 0 Å². The highest BCUT2D eigenvalue weighted by Crippen LogP contribution is 2.44. The Hall–Kier alpha value is -1.29. The van der Waals surface area contributed by atoms with E-state index in [2.05, 4.69) is 9.51 Å². The second-order valence-corrected chi connectivity index (χ2v) is 6.94. The van der Waals surface area contributed by atoms with Crippen LogP contribution in [-0.2, 0) is 23.1 Å². The molecule has 144 valence electrons. The van der Waals surface area contributed by atoms with Crippen molar-refractivity contribution < 1.29 is 28.0 Å². The maximum absolute atomic E-state index is 12.0. The van der Waals surface area contributed by atoms with E-state index in [1.165, 1.54) is 11.7 Å². The molecular formula is C14H26N3O7P. The van der Waals surface area contributed by atoms with Crippen LogP contribution in [0.25, 0.3) is 0 Å². The lowest BCUT2D eigenvalue weighted by Crippen LogP contribution is -2.38. The number of phosphoric acid groups is 1. The molecule has 0 saturated carbocycles. The second-order valence-electron chi connectivity index (χ2n) is 5.43. The van der Waals surface area contributed by atoms with Crippen molar-refractivity contribution in [3.05, 3.63) is 22.2 Å². The third kappa shape index (κ3) is 6.18. The highest BCUT2D eigenvalue weighted by atomic mass is 31.2. The van der Waals surface area contributed by atoms with Crippen LogP contribution in [0.4, 0.5) is 5.82 Å².